The molecule has 0 spiro atoms. The van der Waals surface area contributed by atoms with Gasteiger partial charge in [0.05, 0.1) is 5.69 Å². The third-order valence-electron chi connectivity index (χ3n) is 4.56. The fourth-order valence-electron chi connectivity index (χ4n) is 3.61. The van der Waals surface area contributed by atoms with Crippen LogP contribution in [0.1, 0.15) is 55.7 Å². The van der Waals surface area contributed by atoms with Crippen LogP contribution in [0.2, 0.25) is 0 Å². The lowest BCUT2D eigenvalue weighted by molar-refractivity contribution is -0.123. The first-order valence-corrected chi connectivity index (χ1v) is 8.54. The topological polar surface area (TPSA) is 49.4 Å². The van der Waals surface area contributed by atoms with E-state index in [-0.39, 0.29) is 24.4 Å². The van der Waals surface area contributed by atoms with Crippen LogP contribution in [0, 0.1) is 20.8 Å². The highest BCUT2D eigenvalue weighted by atomic mass is 16.2. The highest BCUT2D eigenvalue weighted by Crippen LogP contribution is 2.26. The minimum absolute atomic E-state index is 0.0634. The number of nitrogens with one attached hydrogen (secondary N) is 1. The summed E-state index contributed by atoms with van der Waals surface area (Å²) in [5.41, 5.74) is 4.09. The Balaban J connectivity index is 2.13. The van der Waals surface area contributed by atoms with E-state index >= 15 is 0 Å². The molecular formula is C19H28N2O2. The minimum atomic E-state index is -0.0983. The van der Waals surface area contributed by atoms with Crippen LogP contribution >= 0.6 is 0 Å². The van der Waals surface area contributed by atoms with Crippen LogP contribution in [-0.2, 0) is 9.59 Å². The largest absolute Gasteiger partial charge is 0.352 e. The van der Waals surface area contributed by atoms with Gasteiger partial charge in [-0.1, -0.05) is 37.0 Å². The van der Waals surface area contributed by atoms with Gasteiger partial charge in [-0.2, -0.15) is 0 Å². The van der Waals surface area contributed by atoms with E-state index in [4.69, 9.17) is 0 Å². The van der Waals surface area contributed by atoms with E-state index in [0.717, 1.165) is 29.7 Å². The quantitative estimate of drug-likeness (QED) is 0.925. The molecular weight excluding hydrogens is 288 g/mol. The van der Waals surface area contributed by atoms with Crippen LogP contribution < -0.4 is 10.2 Å². The second-order valence-corrected chi connectivity index (χ2v) is 6.75. The highest BCUT2D eigenvalue weighted by Gasteiger charge is 2.22. The van der Waals surface area contributed by atoms with Crippen molar-refractivity contribution >= 4 is 17.5 Å². The molecule has 1 N–H and O–H groups in total. The summed E-state index contributed by atoms with van der Waals surface area (Å²) in [4.78, 5) is 26.1. The highest BCUT2D eigenvalue weighted by molar-refractivity contribution is 5.98. The van der Waals surface area contributed by atoms with Crippen molar-refractivity contribution in [1.82, 2.24) is 5.32 Å². The summed E-state index contributed by atoms with van der Waals surface area (Å²) >= 11 is 0. The monoisotopic (exact) mass is 316 g/mol. The average molecular weight is 316 g/mol. The number of carbonyl (C=O) groups excluding carboxylic acids is 2. The molecule has 1 fully saturated rings. The van der Waals surface area contributed by atoms with Gasteiger partial charge in [-0.25, -0.2) is 0 Å². The van der Waals surface area contributed by atoms with Crippen LogP contribution in [0.15, 0.2) is 12.1 Å². The molecule has 1 aliphatic carbocycles. The molecule has 0 heterocycles. The van der Waals surface area contributed by atoms with Crippen molar-refractivity contribution in [2.75, 3.05) is 11.4 Å². The molecule has 0 bridgehead atoms. The lowest BCUT2D eigenvalue weighted by Crippen LogP contribution is -2.44. The molecule has 0 atom stereocenters. The molecule has 4 nitrogen and oxygen atoms in total. The van der Waals surface area contributed by atoms with E-state index in [1.54, 1.807) is 4.90 Å². The second-order valence-electron chi connectivity index (χ2n) is 6.75. The molecule has 0 radical (unpaired) electrons. The van der Waals surface area contributed by atoms with Crippen LogP contribution in [0.5, 0.6) is 0 Å². The zero-order valence-corrected chi connectivity index (χ0v) is 14.7. The maximum atomic E-state index is 12.4. The smallest absolute Gasteiger partial charge is 0.240 e. The lowest BCUT2D eigenvalue weighted by Gasteiger charge is -2.27. The van der Waals surface area contributed by atoms with E-state index in [1.165, 1.54) is 31.7 Å². The van der Waals surface area contributed by atoms with Crippen LogP contribution in [-0.4, -0.2) is 24.4 Å². The summed E-state index contributed by atoms with van der Waals surface area (Å²) in [5, 5.41) is 3.09. The Hall–Kier alpha value is -1.84. The maximum Gasteiger partial charge on any atom is 0.240 e. The van der Waals surface area contributed by atoms with Gasteiger partial charge in [-0.15, -0.1) is 0 Å². The maximum absolute atomic E-state index is 12.4. The van der Waals surface area contributed by atoms with Gasteiger partial charge < -0.3 is 10.2 Å². The molecule has 2 amide bonds. The molecule has 1 aliphatic rings. The number of nitrogens with zero attached hydrogens (tertiary/aromatic N) is 1. The van der Waals surface area contributed by atoms with Crippen LogP contribution in [0.3, 0.4) is 0 Å². The summed E-state index contributed by atoms with van der Waals surface area (Å²) in [7, 11) is 0. The van der Waals surface area contributed by atoms with Crippen molar-refractivity contribution in [1.29, 1.82) is 0 Å². The minimum Gasteiger partial charge on any atom is -0.352 e. The van der Waals surface area contributed by atoms with Crippen molar-refractivity contribution < 1.29 is 9.59 Å². The normalized spacial score (nSPS) is 15.3. The van der Waals surface area contributed by atoms with E-state index in [0.29, 0.717) is 0 Å². The van der Waals surface area contributed by atoms with Crippen LogP contribution in [0.25, 0.3) is 0 Å². The number of aryl methyl sites for hydroxylation is 3. The molecule has 23 heavy (non-hydrogen) atoms. The first kappa shape index (κ1) is 17.5. The van der Waals surface area contributed by atoms with Gasteiger partial charge in [0, 0.05) is 13.0 Å². The van der Waals surface area contributed by atoms with E-state index in [1.807, 2.05) is 20.8 Å². The molecule has 1 aromatic rings. The van der Waals surface area contributed by atoms with Crippen LogP contribution in [0.4, 0.5) is 5.69 Å². The molecule has 1 aromatic carbocycles. The van der Waals surface area contributed by atoms with Gasteiger partial charge in [0.15, 0.2) is 0 Å². The summed E-state index contributed by atoms with van der Waals surface area (Å²) in [6.07, 6.45) is 5.71. The average Bonchev–Trinajstić information content (AvgIpc) is 2.46. The number of anilines is 1. The summed E-state index contributed by atoms with van der Waals surface area (Å²) in [6.45, 7) is 7.63. The predicted molar refractivity (Wildman–Crippen MR) is 93.7 cm³/mol. The van der Waals surface area contributed by atoms with Gasteiger partial charge in [0.2, 0.25) is 11.8 Å². The van der Waals surface area contributed by atoms with Crippen molar-refractivity contribution in [2.45, 2.75) is 65.8 Å². The lowest BCUT2D eigenvalue weighted by atomic mass is 9.95. The van der Waals surface area contributed by atoms with Gasteiger partial charge in [-0.05, 0) is 44.7 Å². The van der Waals surface area contributed by atoms with Crippen molar-refractivity contribution in [2.24, 2.45) is 0 Å². The Labute approximate surface area is 139 Å². The number of amides is 2. The van der Waals surface area contributed by atoms with Crippen molar-refractivity contribution in [3.05, 3.63) is 28.8 Å². The zero-order valence-electron chi connectivity index (χ0n) is 14.7. The standard InChI is InChI=1S/C19H28N2O2/c1-13-10-14(2)19(15(3)11-13)21(16(4)22)12-18(23)20-17-8-6-5-7-9-17/h10-11,17H,5-9,12H2,1-4H3,(H,20,23). The Kier molecular flexibility index (Phi) is 5.80. The second kappa shape index (κ2) is 7.62. The summed E-state index contributed by atoms with van der Waals surface area (Å²) in [6, 6.07) is 4.37. The van der Waals surface area contributed by atoms with Crippen molar-refractivity contribution in [3.8, 4) is 0 Å². The third-order valence-corrected chi connectivity index (χ3v) is 4.56. The summed E-state index contributed by atoms with van der Waals surface area (Å²) < 4.78 is 0. The molecule has 0 unspecified atom stereocenters. The Morgan fingerprint density at radius 3 is 2.17 bits per heavy atom. The van der Waals surface area contributed by atoms with Gasteiger partial charge >= 0.3 is 0 Å². The zero-order chi connectivity index (χ0) is 17.0. The number of benzene rings is 1. The molecule has 0 aromatic heterocycles. The number of hydrogen-bond donors (Lipinski definition) is 1. The first-order valence-electron chi connectivity index (χ1n) is 8.54. The Morgan fingerprint density at radius 2 is 1.65 bits per heavy atom. The number of hydrogen-bond acceptors (Lipinski definition) is 2. The fraction of sp³-hybridized carbons (Fsp3) is 0.579. The van der Waals surface area contributed by atoms with E-state index in [2.05, 4.69) is 17.4 Å². The summed E-state index contributed by atoms with van der Waals surface area (Å²) in [5.74, 6) is -0.162. The number of carbonyl (C=O) groups is 2. The molecule has 1 saturated carbocycles. The molecule has 2 rings (SSSR count). The Bertz CT molecular complexity index is 566. The van der Waals surface area contributed by atoms with Gasteiger partial charge in [0.25, 0.3) is 0 Å². The first-order chi connectivity index (χ1) is 10.9. The molecule has 0 saturated heterocycles. The molecule has 0 aliphatic heterocycles. The van der Waals surface area contributed by atoms with E-state index < -0.39 is 0 Å². The third kappa shape index (κ3) is 4.57. The Morgan fingerprint density at radius 1 is 1.09 bits per heavy atom. The SMILES string of the molecule is CC(=O)N(CC(=O)NC1CCCCC1)c1c(C)cc(C)cc1C. The van der Waals surface area contributed by atoms with Crippen molar-refractivity contribution in [3.63, 3.8) is 0 Å². The fourth-order valence-corrected chi connectivity index (χ4v) is 3.61. The van der Waals surface area contributed by atoms with Gasteiger partial charge in [-0.3, -0.25) is 9.59 Å². The molecule has 4 heteroatoms. The van der Waals surface area contributed by atoms with E-state index in [9.17, 15) is 9.59 Å². The van der Waals surface area contributed by atoms with Gasteiger partial charge in [0.1, 0.15) is 6.54 Å². The molecule has 126 valence electrons. The predicted octanol–water partition coefficient (Wildman–Crippen LogP) is 3.41. The number of rotatable bonds is 4.